The lowest BCUT2D eigenvalue weighted by Crippen LogP contribution is -2.53. The molecule has 0 aromatic heterocycles. The molecule has 4 aliphatic heterocycles. The van der Waals surface area contributed by atoms with Gasteiger partial charge in [-0.3, -0.25) is 19.6 Å². The average molecular weight is 837 g/mol. The number of carbonyl (C=O) groups is 4. The van der Waals surface area contributed by atoms with E-state index >= 15 is 0 Å². The summed E-state index contributed by atoms with van der Waals surface area (Å²) in [5.74, 6) is 2.45. The number of alkyl carbamates (subject to hydrolysis) is 2. The second-order valence-corrected chi connectivity index (χ2v) is 15.7. The highest BCUT2D eigenvalue weighted by Crippen LogP contribution is 2.34. The van der Waals surface area contributed by atoms with E-state index in [2.05, 4.69) is 60.8 Å². The van der Waals surface area contributed by atoms with E-state index in [4.69, 9.17) is 16.4 Å². The first-order valence-corrected chi connectivity index (χ1v) is 19.3. The highest BCUT2D eigenvalue weighted by Gasteiger charge is 2.40. The van der Waals surface area contributed by atoms with Crippen LogP contribution in [0.2, 0.25) is 0 Å². The van der Waals surface area contributed by atoms with Crippen molar-refractivity contribution >= 4 is 69.4 Å². The Morgan fingerprint density at radius 3 is 1.66 bits per heavy atom. The molecular formula is C40H49IN6O6. The molecule has 0 saturated carbocycles. The van der Waals surface area contributed by atoms with E-state index in [-0.39, 0.29) is 35.7 Å². The van der Waals surface area contributed by atoms with Crippen molar-refractivity contribution in [1.82, 2.24) is 20.4 Å². The third-order valence-corrected chi connectivity index (χ3v) is 10.9. The largest absolute Gasteiger partial charge is 0.453 e. The number of ether oxygens (including phenoxy) is 2. The normalized spacial score (nSPS) is 19.6. The minimum absolute atomic E-state index is 0.00765. The van der Waals surface area contributed by atoms with E-state index in [1.807, 2.05) is 61.8 Å². The zero-order valence-corrected chi connectivity index (χ0v) is 33.4. The first kappa shape index (κ1) is 39.8. The van der Waals surface area contributed by atoms with Gasteiger partial charge in [-0.05, 0) is 108 Å². The number of likely N-dealkylation sites (tertiary alicyclic amines) is 2. The van der Waals surface area contributed by atoms with E-state index < -0.39 is 24.3 Å². The van der Waals surface area contributed by atoms with Crippen molar-refractivity contribution in [2.75, 3.05) is 27.3 Å². The number of rotatable bonds is 8. The van der Waals surface area contributed by atoms with Gasteiger partial charge < -0.3 is 29.9 Å². The summed E-state index contributed by atoms with van der Waals surface area (Å²) in [6.07, 6.45) is 9.48. The number of benzene rings is 2. The molecule has 2 N–H and O–H groups in total. The Balaban J connectivity index is 0.000000204. The van der Waals surface area contributed by atoms with Crippen molar-refractivity contribution in [2.24, 2.45) is 21.8 Å². The monoisotopic (exact) mass is 836 g/mol. The van der Waals surface area contributed by atoms with Gasteiger partial charge in [0.25, 0.3) is 0 Å². The number of amides is 4. The third-order valence-electron chi connectivity index (χ3n) is 10.2. The highest BCUT2D eigenvalue weighted by molar-refractivity contribution is 14.1. The highest BCUT2D eigenvalue weighted by atomic mass is 127. The second-order valence-electron chi connectivity index (χ2n) is 14.4. The van der Waals surface area contributed by atoms with E-state index in [0.29, 0.717) is 19.5 Å². The van der Waals surface area contributed by atoms with Crippen LogP contribution >= 0.6 is 22.6 Å². The zero-order valence-electron chi connectivity index (χ0n) is 31.3. The molecule has 0 radical (unpaired) electrons. The lowest BCUT2D eigenvalue weighted by molar-refractivity contribution is -0.134. The van der Waals surface area contributed by atoms with Crippen LogP contribution in [0.4, 0.5) is 21.0 Å². The maximum atomic E-state index is 13.2. The summed E-state index contributed by atoms with van der Waals surface area (Å²) in [7, 11) is 2.60. The quantitative estimate of drug-likeness (QED) is 0.249. The summed E-state index contributed by atoms with van der Waals surface area (Å²) in [6.45, 7) is 9.04. The Morgan fingerprint density at radius 2 is 1.23 bits per heavy atom. The zero-order chi connectivity index (χ0) is 38.4. The topological polar surface area (TPSA) is 142 Å². The predicted molar refractivity (Wildman–Crippen MR) is 213 cm³/mol. The molecule has 0 bridgehead atoms. The standard InChI is InChI=1S/C21H25N3O3.C19H24IN3O3/c1-5-14-8-9-16-15(11-14)12-17(22-16)18-7-6-10-24(18)20(25)19(13(2)3)23-21(26)27-4;1-11(2)17(22-19(25)26-3)18(24)23-8-4-5-16(23)15-10-12-9-13(20)6-7-14(12)21-15/h1,8-9,11,13,18-19H,6-7,10,12H2,2-4H3,(H,23,26);6-7,9,11,16-17H,4-5,8,10H2,1-3H3,(H,22,25)/t18-,19-;16-,17-/m00/s1. The number of hydrogen-bond acceptors (Lipinski definition) is 8. The number of methoxy groups -OCH3 is 2. The molecule has 4 heterocycles. The van der Waals surface area contributed by atoms with Gasteiger partial charge in [0.2, 0.25) is 11.8 Å². The molecule has 2 fully saturated rings. The molecule has 6 rings (SSSR count). The third kappa shape index (κ3) is 9.20. The van der Waals surface area contributed by atoms with Gasteiger partial charge in [0.05, 0.1) is 37.7 Å². The predicted octanol–water partition coefficient (Wildman–Crippen LogP) is 5.96. The van der Waals surface area contributed by atoms with Crippen LogP contribution in [0.3, 0.4) is 0 Å². The van der Waals surface area contributed by atoms with Gasteiger partial charge in [0, 0.05) is 46.5 Å². The molecule has 2 aromatic carbocycles. The molecule has 0 unspecified atom stereocenters. The number of nitrogens with one attached hydrogen (secondary N) is 2. The second kappa shape index (κ2) is 17.6. The van der Waals surface area contributed by atoms with Crippen molar-refractivity contribution in [3.63, 3.8) is 0 Å². The number of carbonyl (C=O) groups excluding carboxylic acids is 4. The molecule has 13 heteroatoms. The van der Waals surface area contributed by atoms with Crippen LogP contribution in [0.15, 0.2) is 46.4 Å². The summed E-state index contributed by atoms with van der Waals surface area (Å²) in [5.41, 5.74) is 7.14. The van der Waals surface area contributed by atoms with E-state index in [1.54, 1.807) is 0 Å². The fraction of sp³-hybridized carbons (Fsp3) is 0.500. The molecule has 0 spiro atoms. The maximum absolute atomic E-state index is 13.2. The van der Waals surface area contributed by atoms with Gasteiger partial charge in [-0.1, -0.05) is 33.6 Å². The van der Waals surface area contributed by atoms with Crippen molar-refractivity contribution in [3.05, 3.63) is 56.7 Å². The molecule has 2 aromatic rings. The summed E-state index contributed by atoms with van der Waals surface area (Å²) >= 11 is 2.31. The molecule has 4 aliphatic rings. The van der Waals surface area contributed by atoms with Gasteiger partial charge >= 0.3 is 12.2 Å². The van der Waals surface area contributed by atoms with Crippen molar-refractivity contribution < 1.29 is 28.7 Å². The van der Waals surface area contributed by atoms with Crippen LogP contribution in [-0.2, 0) is 31.9 Å². The molecular weight excluding hydrogens is 787 g/mol. The number of nitrogens with zero attached hydrogens (tertiary/aromatic N) is 4. The molecule has 282 valence electrons. The van der Waals surface area contributed by atoms with Crippen molar-refractivity contribution in [3.8, 4) is 12.3 Å². The molecule has 4 atom stereocenters. The SMILES string of the molecule is C#Cc1ccc2c(c1)CC([C@@H]1CCCN1C(=O)[C@@H](NC(=O)OC)C(C)C)=N2.COC(=O)N[C@H](C(=O)N1CCC[C@H]1C1=Nc2ccc(I)cc2C1)C(C)C. The van der Waals surface area contributed by atoms with Gasteiger partial charge in [-0.2, -0.15) is 0 Å². The van der Waals surface area contributed by atoms with Gasteiger partial charge in [-0.15, -0.1) is 6.42 Å². The lowest BCUT2D eigenvalue weighted by Gasteiger charge is -2.30. The Labute approximate surface area is 325 Å². The molecule has 2 saturated heterocycles. The van der Waals surface area contributed by atoms with Gasteiger partial charge in [0.15, 0.2) is 0 Å². The Bertz CT molecular complexity index is 1830. The number of terminal acetylenes is 1. The first-order valence-electron chi connectivity index (χ1n) is 18.2. The lowest BCUT2D eigenvalue weighted by atomic mass is 9.99. The minimum atomic E-state index is -0.615. The van der Waals surface area contributed by atoms with Crippen LogP contribution in [0.25, 0.3) is 0 Å². The van der Waals surface area contributed by atoms with Crippen molar-refractivity contribution in [1.29, 1.82) is 0 Å². The average Bonchev–Trinajstić information content (AvgIpc) is 3.96. The fourth-order valence-electron chi connectivity index (χ4n) is 7.40. The number of aliphatic imine (C=N–C) groups is 2. The molecule has 0 aliphatic carbocycles. The van der Waals surface area contributed by atoms with E-state index in [9.17, 15) is 19.2 Å². The molecule has 53 heavy (non-hydrogen) atoms. The number of halogens is 1. The Morgan fingerprint density at radius 1 is 0.774 bits per heavy atom. The van der Waals surface area contributed by atoms with E-state index in [0.717, 1.165) is 66.0 Å². The first-order chi connectivity index (χ1) is 25.3. The van der Waals surface area contributed by atoms with Crippen LogP contribution in [0.1, 0.15) is 70.1 Å². The van der Waals surface area contributed by atoms with Crippen molar-refractivity contribution in [2.45, 2.75) is 90.4 Å². The summed E-state index contributed by atoms with van der Waals surface area (Å²) in [6, 6.07) is 10.8. The smallest absolute Gasteiger partial charge is 0.407 e. The summed E-state index contributed by atoms with van der Waals surface area (Å²) in [4.78, 5) is 62.9. The fourth-order valence-corrected chi connectivity index (χ4v) is 7.96. The molecule has 4 amide bonds. The number of hydrogen-bond donors (Lipinski definition) is 2. The van der Waals surface area contributed by atoms with Crippen LogP contribution < -0.4 is 10.6 Å². The minimum Gasteiger partial charge on any atom is -0.453 e. The van der Waals surface area contributed by atoms with E-state index in [1.165, 1.54) is 23.4 Å². The summed E-state index contributed by atoms with van der Waals surface area (Å²) in [5, 5.41) is 5.36. The van der Waals surface area contributed by atoms with Gasteiger partial charge in [0.1, 0.15) is 12.1 Å². The van der Waals surface area contributed by atoms with Gasteiger partial charge in [-0.25, -0.2) is 9.59 Å². The van der Waals surface area contributed by atoms with Crippen LogP contribution in [-0.4, -0.2) is 96.7 Å². The Hall–Kier alpha value is -4.45. The Kier molecular flexibility index (Phi) is 13.2. The summed E-state index contributed by atoms with van der Waals surface area (Å²) < 4.78 is 10.5. The molecule has 12 nitrogen and oxygen atoms in total. The maximum Gasteiger partial charge on any atom is 0.407 e. The van der Waals surface area contributed by atoms with Crippen LogP contribution in [0, 0.1) is 27.7 Å². The van der Waals surface area contributed by atoms with Crippen LogP contribution in [0.5, 0.6) is 0 Å². The number of fused-ring (bicyclic) bond motifs is 2.